The third-order valence-corrected chi connectivity index (χ3v) is 5.96. The summed E-state index contributed by atoms with van der Waals surface area (Å²) in [6.45, 7) is 7.78. The Morgan fingerprint density at radius 3 is 2.76 bits per heavy atom. The second-order valence-electron chi connectivity index (χ2n) is 7.78. The zero-order valence-corrected chi connectivity index (χ0v) is 17.0. The fourth-order valence-corrected chi connectivity index (χ4v) is 4.54. The van der Waals surface area contributed by atoms with Crippen LogP contribution in [0.15, 0.2) is 18.3 Å². The van der Waals surface area contributed by atoms with E-state index in [2.05, 4.69) is 44.4 Å². The van der Waals surface area contributed by atoms with Crippen molar-refractivity contribution in [2.45, 2.75) is 26.3 Å². The Balaban J connectivity index is 1.57. The molecule has 29 heavy (non-hydrogen) atoms. The number of aryl methyl sites for hydroxylation is 1. The largest absolute Gasteiger partial charge is 0.467 e. The van der Waals surface area contributed by atoms with Crippen LogP contribution in [-0.2, 0) is 13.0 Å². The number of anilines is 2. The number of nitrogens with zero attached hydrogens (tertiary/aromatic N) is 5. The van der Waals surface area contributed by atoms with E-state index in [-0.39, 0.29) is 0 Å². The highest BCUT2D eigenvalue weighted by atomic mass is 16.5. The van der Waals surface area contributed by atoms with E-state index in [0.29, 0.717) is 6.01 Å². The molecule has 3 aromatic rings. The number of piperazine rings is 1. The van der Waals surface area contributed by atoms with E-state index in [9.17, 15) is 0 Å². The van der Waals surface area contributed by atoms with E-state index in [1.54, 1.807) is 7.11 Å². The zero-order valence-electron chi connectivity index (χ0n) is 17.0. The highest BCUT2D eigenvalue weighted by Gasteiger charge is 2.26. The van der Waals surface area contributed by atoms with Crippen molar-refractivity contribution in [2.24, 2.45) is 0 Å². The fourth-order valence-electron chi connectivity index (χ4n) is 4.54. The number of methoxy groups -OCH3 is 1. The molecule has 1 saturated heterocycles. The molecule has 2 aliphatic rings. The Labute approximate surface area is 170 Å². The highest BCUT2D eigenvalue weighted by molar-refractivity contribution is 5.93. The van der Waals surface area contributed by atoms with Crippen LogP contribution in [-0.4, -0.2) is 60.0 Å². The summed E-state index contributed by atoms with van der Waals surface area (Å²) in [5, 5.41) is 11.9. The normalized spacial score (nSPS) is 17.3. The fraction of sp³-hybridized carbons (Fsp3) is 0.476. The molecule has 2 N–H and O–H groups in total. The Morgan fingerprint density at radius 2 is 1.93 bits per heavy atom. The molecule has 2 aromatic heterocycles. The van der Waals surface area contributed by atoms with Gasteiger partial charge < -0.3 is 19.9 Å². The Kier molecular flexibility index (Phi) is 4.71. The number of hydrogen-bond acceptors (Lipinski definition) is 7. The molecule has 0 spiro atoms. The number of rotatable bonds is 3. The molecular formula is C21H27N7O. The molecule has 152 valence electrons. The summed E-state index contributed by atoms with van der Waals surface area (Å²) >= 11 is 0. The molecule has 4 heterocycles. The monoisotopic (exact) mass is 393 g/mol. The van der Waals surface area contributed by atoms with Gasteiger partial charge in [0.05, 0.1) is 36.7 Å². The van der Waals surface area contributed by atoms with E-state index < -0.39 is 0 Å². The first-order chi connectivity index (χ1) is 14.2. The minimum absolute atomic E-state index is 0.456. The molecule has 2 aliphatic heterocycles. The Morgan fingerprint density at radius 1 is 1.07 bits per heavy atom. The van der Waals surface area contributed by atoms with Gasteiger partial charge in [-0.15, -0.1) is 0 Å². The number of fused-ring (bicyclic) bond motifs is 2. The summed E-state index contributed by atoms with van der Waals surface area (Å²) in [5.41, 5.74) is 5.91. The quantitative estimate of drug-likeness (QED) is 0.705. The molecule has 1 aromatic carbocycles. The summed E-state index contributed by atoms with van der Waals surface area (Å²) in [5.74, 6) is 1.05. The van der Waals surface area contributed by atoms with Gasteiger partial charge in [0.15, 0.2) is 0 Å². The molecule has 0 aliphatic carbocycles. The van der Waals surface area contributed by atoms with E-state index in [1.165, 1.54) is 16.8 Å². The van der Waals surface area contributed by atoms with Gasteiger partial charge in [-0.1, -0.05) is 6.07 Å². The Bertz CT molecular complexity index is 1030. The first kappa shape index (κ1) is 18.2. The second kappa shape index (κ2) is 7.51. The molecule has 0 saturated carbocycles. The lowest BCUT2D eigenvalue weighted by atomic mass is 10.1. The van der Waals surface area contributed by atoms with Gasteiger partial charge in [-0.2, -0.15) is 15.1 Å². The molecule has 0 bridgehead atoms. The van der Waals surface area contributed by atoms with Crippen molar-refractivity contribution in [1.29, 1.82) is 0 Å². The summed E-state index contributed by atoms with van der Waals surface area (Å²) < 4.78 is 5.48. The minimum Gasteiger partial charge on any atom is -0.467 e. The smallest absolute Gasteiger partial charge is 0.318 e. The van der Waals surface area contributed by atoms with Gasteiger partial charge in [-0.05, 0) is 31.4 Å². The summed E-state index contributed by atoms with van der Waals surface area (Å²) in [6.07, 6.45) is 3.97. The number of aromatic nitrogens is 4. The lowest BCUT2D eigenvalue weighted by Gasteiger charge is -2.30. The molecule has 8 heteroatoms. The first-order valence-electron chi connectivity index (χ1n) is 10.3. The van der Waals surface area contributed by atoms with Crippen molar-refractivity contribution in [1.82, 2.24) is 25.5 Å². The highest BCUT2D eigenvalue weighted by Crippen LogP contribution is 2.34. The van der Waals surface area contributed by atoms with Crippen LogP contribution in [0.5, 0.6) is 6.01 Å². The van der Waals surface area contributed by atoms with E-state index >= 15 is 0 Å². The summed E-state index contributed by atoms with van der Waals surface area (Å²) in [7, 11) is 1.65. The number of nitrogens with one attached hydrogen (secondary N) is 2. The third kappa shape index (κ3) is 3.27. The Hall–Kier alpha value is -2.87. The molecule has 0 atom stereocenters. The zero-order chi connectivity index (χ0) is 19.8. The summed E-state index contributed by atoms with van der Waals surface area (Å²) in [4.78, 5) is 14.3. The average Bonchev–Trinajstić information content (AvgIpc) is 3.12. The van der Waals surface area contributed by atoms with Gasteiger partial charge in [0.25, 0.3) is 0 Å². The van der Waals surface area contributed by atoms with Crippen LogP contribution >= 0.6 is 0 Å². The average molecular weight is 393 g/mol. The van der Waals surface area contributed by atoms with Crippen molar-refractivity contribution in [3.05, 3.63) is 35.2 Å². The van der Waals surface area contributed by atoms with Crippen LogP contribution in [0.1, 0.15) is 23.2 Å². The van der Waals surface area contributed by atoms with Crippen molar-refractivity contribution >= 4 is 22.4 Å². The molecule has 5 rings (SSSR count). The molecule has 0 amide bonds. The number of benzene rings is 1. The van der Waals surface area contributed by atoms with Gasteiger partial charge in [-0.3, -0.25) is 5.10 Å². The second-order valence-corrected chi connectivity index (χ2v) is 7.78. The van der Waals surface area contributed by atoms with Gasteiger partial charge in [0.1, 0.15) is 5.82 Å². The SMILES string of the molecule is COc1nc2c(c(N3CCNCC3)n1)CCCN(c1c(C)ccc3[nH]ncc13)C2. The molecule has 1 fully saturated rings. The van der Waals surface area contributed by atoms with E-state index in [4.69, 9.17) is 14.7 Å². The predicted octanol–water partition coefficient (Wildman–Crippen LogP) is 2.03. The van der Waals surface area contributed by atoms with Crippen LogP contribution in [0.25, 0.3) is 10.9 Å². The van der Waals surface area contributed by atoms with Crippen molar-refractivity contribution in [3.8, 4) is 6.01 Å². The number of ether oxygens (including phenoxy) is 1. The maximum Gasteiger partial charge on any atom is 0.318 e. The van der Waals surface area contributed by atoms with E-state index in [1.807, 2.05) is 6.20 Å². The summed E-state index contributed by atoms with van der Waals surface area (Å²) in [6, 6.07) is 4.71. The number of hydrogen-bond donors (Lipinski definition) is 2. The lowest BCUT2D eigenvalue weighted by Crippen LogP contribution is -2.44. The number of aromatic amines is 1. The standard InChI is InChI=1S/C21H27N7O/c1-14-5-6-17-16(12-23-26-17)19(14)28-9-3-4-15-18(13-28)24-21(29-2)25-20(15)27-10-7-22-8-11-27/h5-6,12,22H,3-4,7-11,13H2,1-2H3,(H,23,26). The number of H-pyrrole nitrogens is 1. The van der Waals surface area contributed by atoms with Gasteiger partial charge >= 0.3 is 6.01 Å². The molecular weight excluding hydrogens is 366 g/mol. The van der Waals surface area contributed by atoms with Crippen molar-refractivity contribution in [2.75, 3.05) is 49.6 Å². The van der Waals surface area contributed by atoms with Crippen LogP contribution in [0.3, 0.4) is 0 Å². The van der Waals surface area contributed by atoms with Crippen LogP contribution in [0.2, 0.25) is 0 Å². The van der Waals surface area contributed by atoms with Crippen molar-refractivity contribution in [3.63, 3.8) is 0 Å². The van der Waals surface area contributed by atoms with Gasteiger partial charge in [0, 0.05) is 43.7 Å². The van der Waals surface area contributed by atoms with Gasteiger partial charge in [0.2, 0.25) is 0 Å². The lowest BCUT2D eigenvalue weighted by molar-refractivity contribution is 0.377. The molecule has 0 unspecified atom stereocenters. The topological polar surface area (TPSA) is 82.2 Å². The van der Waals surface area contributed by atoms with E-state index in [0.717, 1.165) is 74.5 Å². The third-order valence-electron chi connectivity index (χ3n) is 5.96. The molecule has 8 nitrogen and oxygen atoms in total. The van der Waals surface area contributed by atoms with Crippen LogP contribution in [0.4, 0.5) is 11.5 Å². The molecule has 0 radical (unpaired) electrons. The maximum absolute atomic E-state index is 5.48. The minimum atomic E-state index is 0.456. The van der Waals surface area contributed by atoms with Crippen LogP contribution < -0.4 is 19.9 Å². The van der Waals surface area contributed by atoms with Crippen molar-refractivity contribution < 1.29 is 4.74 Å². The first-order valence-corrected chi connectivity index (χ1v) is 10.3. The van der Waals surface area contributed by atoms with Crippen LogP contribution in [0, 0.1) is 6.92 Å². The van der Waals surface area contributed by atoms with Gasteiger partial charge in [-0.25, -0.2) is 0 Å². The maximum atomic E-state index is 5.48. The predicted molar refractivity (Wildman–Crippen MR) is 114 cm³/mol.